The number of aryl methyl sites for hydroxylation is 3. The number of hydrogen-bond acceptors (Lipinski definition) is 1. The highest BCUT2D eigenvalue weighted by Gasteiger charge is 2.26. The zero-order valence-electron chi connectivity index (χ0n) is 19.9. The van der Waals surface area contributed by atoms with E-state index in [1.54, 1.807) is 0 Å². The van der Waals surface area contributed by atoms with E-state index >= 15 is 0 Å². The summed E-state index contributed by atoms with van der Waals surface area (Å²) in [6.07, 6.45) is 0.411. The number of Topliss-reactive ketones (excluding diaryl/α,β-unsaturated/α-hetero) is 1. The standard InChI is InChI=1S/C32H29NO/c1-21-13-16-25(17-14-21)32-31(27-11-7-8-12-29(27)33-32)28(24-9-5-4-6-10-24)20-30(34)26-18-15-22(2)19-23(26)3/h4-19,28,33H,20H2,1-3H3. The summed E-state index contributed by atoms with van der Waals surface area (Å²) in [5.41, 5.74) is 9.89. The Morgan fingerprint density at radius 2 is 1.44 bits per heavy atom. The highest BCUT2D eigenvalue weighted by Crippen LogP contribution is 2.41. The second kappa shape index (κ2) is 9.15. The van der Waals surface area contributed by atoms with Crippen molar-refractivity contribution in [2.24, 2.45) is 0 Å². The monoisotopic (exact) mass is 443 g/mol. The first-order valence-electron chi connectivity index (χ1n) is 11.8. The summed E-state index contributed by atoms with van der Waals surface area (Å²) < 4.78 is 0. The van der Waals surface area contributed by atoms with Gasteiger partial charge in [-0.25, -0.2) is 0 Å². The van der Waals surface area contributed by atoms with Crippen molar-refractivity contribution in [3.8, 4) is 11.3 Å². The minimum absolute atomic E-state index is 0.0677. The largest absolute Gasteiger partial charge is 0.354 e. The Hall–Kier alpha value is -3.91. The smallest absolute Gasteiger partial charge is 0.164 e. The van der Waals surface area contributed by atoms with Crippen LogP contribution in [0.5, 0.6) is 0 Å². The number of ketones is 1. The fraction of sp³-hybridized carbons (Fsp3) is 0.156. The summed E-state index contributed by atoms with van der Waals surface area (Å²) >= 11 is 0. The molecule has 1 N–H and O–H groups in total. The Morgan fingerprint density at radius 3 is 2.18 bits per heavy atom. The topological polar surface area (TPSA) is 32.9 Å². The predicted molar refractivity (Wildman–Crippen MR) is 142 cm³/mol. The predicted octanol–water partition coefficient (Wildman–Crippen LogP) is 8.17. The van der Waals surface area contributed by atoms with Gasteiger partial charge in [-0.05, 0) is 49.1 Å². The molecule has 1 atom stereocenters. The minimum Gasteiger partial charge on any atom is -0.354 e. The Morgan fingerprint density at radius 1 is 0.765 bits per heavy atom. The van der Waals surface area contributed by atoms with Crippen LogP contribution >= 0.6 is 0 Å². The lowest BCUT2D eigenvalue weighted by atomic mass is 9.82. The molecule has 0 spiro atoms. The third-order valence-electron chi connectivity index (χ3n) is 6.71. The number of hydrogen-bond donors (Lipinski definition) is 1. The van der Waals surface area contributed by atoms with Crippen LogP contribution in [0.15, 0.2) is 97.1 Å². The maximum atomic E-state index is 13.7. The maximum Gasteiger partial charge on any atom is 0.164 e. The van der Waals surface area contributed by atoms with Crippen molar-refractivity contribution in [1.82, 2.24) is 4.98 Å². The van der Waals surface area contributed by atoms with Gasteiger partial charge < -0.3 is 4.98 Å². The third kappa shape index (κ3) is 4.20. The molecule has 2 heteroatoms. The van der Waals surface area contributed by atoms with Crippen LogP contribution in [0.4, 0.5) is 0 Å². The number of benzene rings is 4. The van der Waals surface area contributed by atoms with E-state index in [9.17, 15) is 4.79 Å². The lowest BCUT2D eigenvalue weighted by molar-refractivity contribution is 0.0977. The number of carbonyl (C=O) groups excluding carboxylic acids is 1. The number of rotatable bonds is 6. The molecule has 0 bridgehead atoms. The molecule has 1 heterocycles. The third-order valence-corrected chi connectivity index (χ3v) is 6.71. The molecule has 1 aromatic heterocycles. The van der Waals surface area contributed by atoms with Crippen LogP contribution in [0.2, 0.25) is 0 Å². The quantitative estimate of drug-likeness (QED) is 0.264. The average Bonchev–Trinajstić information content (AvgIpc) is 3.22. The summed E-state index contributed by atoms with van der Waals surface area (Å²) in [6, 6.07) is 33.5. The summed E-state index contributed by atoms with van der Waals surface area (Å²) in [6.45, 7) is 6.19. The van der Waals surface area contributed by atoms with Crippen molar-refractivity contribution in [2.45, 2.75) is 33.1 Å². The molecule has 34 heavy (non-hydrogen) atoms. The van der Waals surface area contributed by atoms with Crippen molar-refractivity contribution in [3.63, 3.8) is 0 Å². The number of aromatic amines is 1. The van der Waals surface area contributed by atoms with Gasteiger partial charge in [0.1, 0.15) is 0 Å². The van der Waals surface area contributed by atoms with Gasteiger partial charge in [-0.15, -0.1) is 0 Å². The van der Waals surface area contributed by atoms with E-state index in [0.29, 0.717) is 6.42 Å². The van der Waals surface area contributed by atoms with Crippen LogP contribution in [0.3, 0.4) is 0 Å². The number of aromatic nitrogens is 1. The molecule has 1 unspecified atom stereocenters. The van der Waals surface area contributed by atoms with E-state index in [2.05, 4.69) is 97.7 Å². The fourth-order valence-electron chi connectivity index (χ4n) is 4.97. The summed E-state index contributed by atoms with van der Waals surface area (Å²) in [5, 5.41) is 1.17. The lowest BCUT2D eigenvalue weighted by Gasteiger charge is -2.20. The molecule has 0 saturated carbocycles. The van der Waals surface area contributed by atoms with Crippen molar-refractivity contribution in [2.75, 3.05) is 0 Å². The number of H-pyrrole nitrogens is 1. The van der Waals surface area contributed by atoms with E-state index < -0.39 is 0 Å². The summed E-state index contributed by atoms with van der Waals surface area (Å²) in [7, 11) is 0. The van der Waals surface area contributed by atoms with E-state index in [-0.39, 0.29) is 11.7 Å². The molecule has 0 aliphatic rings. The van der Waals surface area contributed by atoms with Gasteiger partial charge in [0.05, 0.1) is 5.69 Å². The maximum absolute atomic E-state index is 13.7. The summed E-state index contributed by atoms with van der Waals surface area (Å²) in [4.78, 5) is 17.3. The number of fused-ring (bicyclic) bond motifs is 1. The molecule has 0 fully saturated rings. The van der Waals surface area contributed by atoms with Gasteiger partial charge in [-0.1, -0.05) is 102 Å². The van der Waals surface area contributed by atoms with Crippen LogP contribution in [0, 0.1) is 20.8 Å². The Kier molecular flexibility index (Phi) is 5.90. The second-order valence-electron chi connectivity index (χ2n) is 9.23. The van der Waals surface area contributed by atoms with Gasteiger partial charge in [0.2, 0.25) is 0 Å². The molecule has 2 nitrogen and oxygen atoms in total. The van der Waals surface area contributed by atoms with Crippen molar-refractivity contribution in [1.29, 1.82) is 0 Å². The van der Waals surface area contributed by atoms with Crippen LogP contribution < -0.4 is 0 Å². The minimum atomic E-state index is -0.0677. The molecular formula is C32H29NO. The van der Waals surface area contributed by atoms with Crippen LogP contribution in [-0.4, -0.2) is 10.8 Å². The van der Waals surface area contributed by atoms with Gasteiger partial charge in [0.25, 0.3) is 0 Å². The molecule has 0 radical (unpaired) electrons. The highest BCUT2D eigenvalue weighted by atomic mass is 16.1. The van der Waals surface area contributed by atoms with E-state index in [1.807, 2.05) is 25.1 Å². The Bertz CT molecular complexity index is 1460. The number of nitrogens with one attached hydrogen (secondary N) is 1. The van der Waals surface area contributed by atoms with Crippen LogP contribution in [0.25, 0.3) is 22.2 Å². The van der Waals surface area contributed by atoms with Crippen molar-refractivity contribution in [3.05, 3.63) is 130 Å². The van der Waals surface area contributed by atoms with E-state index in [0.717, 1.165) is 33.5 Å². The Balaban J connectivity index is 1.69. The number of carbonyl (C=O) groups is 1. The molecule has 4 aromatic carbocycles. The van der Waals surface area contributed by atoms with E-state index in [4.69, 9.17) is 0 Å². The van der Waals surface area contributed by atoms with E-state index in [1.165, 1.54) is 22.1 Å². The van der Waals surface area contributed by atoms with Crippen LogP contribution in [0.1, 0.15) is 50.5 Å². The zero-order chi connectivity index (χ0) is 23.7. The highest BCUT2D eigenvalue weighted by molar-refractivity contribution is 5.99. The molecule has 0 saturated heterocycles. The number of para-hydroxylation sites is 1. The normalized spacial score (nSPS) is 12.1. The lowest BCUT2D eigenvalue weighted by Crippen LogP contribution is -2.11. The van der Waals surface area contributed by atoms with Crippen molar-refractivity contribution < 1.29 is 4.79 Å². The van der Waals surface area contributed by atoms with Crippen LogP contribution in [-0.2, 0) is 0 Å². The molecule has 0 aliphatic heterocycles. The van der Waals surface area contributed by atoms with Gasteiger partial charge >= 0.3 is 0 Å². The first-order chi connectivity index (χ1) is 16.5. The first kappa shape index (κ1) is 21.9. The molecule has 168 valence electrons. The molecular weight excluding hydrogens is 414 g/mol. The van der Waals surface area contributed by atoms with Gasteiger partial charge in [0, 0.05) is 28.8 Å². The molecule has 5 rings (SSSR count). The average molecular weight is 444 g/mol. The summed E-state index contributed by atoms with van der Waals surface area (Å²) in [5.74, 6) is 0.105. The van der Waals surface area contributed by atoms with Crippen molar-refractivity contribution >= 4 is 16.7 Å². The van der Waals surface area contributed by atoms with Gasteiger partial charge in [0.15, 0.2) is 5.78 Å². The SMILES string of the molecule is Cc1ccc(-c2[nH]c3ccccc3c2C(CC(=O)c2ccc(C)cc2C)c2ccccc2)cc1. The molecule has 5 aromatic rings. The molecule has 0 amide bonds. The fourth-order valence-corrected chi connectivity index (χ4v) is 4.97. The zero-order valence-corrected chi connectivity index (χ0v) is 19.9. The first-order valence-corrected chi connectivity index (χ1v) is 11.8. The Labute approximate surface area is 201 Å². The van der Waals surface area contributed by atoms with Gasteiger partial charge in [-0.3, -0.25) is 4.79 Å². The second-order valence-corrected chi connectivity index (χ2v) is 9.23. The van der Waals surface area contributed by atoms with Gasteiger partial charge in [-0.2, -0.15) is 0 Å². The molecule has 0 aliphatic carbocycles.